The third-order valence-electron chi connectivity index (χ3n) is 3.98. The van der Waals surface area contributed by atoms with E-state index in [2.05, 4.69) is 35.9 Å². The summed E-state index contributed by atoms with van der Waals surface area (Å²) in [6.45, 7) is 3.18. The Kier molecular flexibility index (Phi) is 5.18. The number of alkyl halides is 2. The van der Waals surface area contributed by atoms with E-state index in [1.54, 1.807) is 30.5 Å². The zero-order chi connectivity index (χ0) is 20.2. The van der Waals surface area contributed by atoms with Crippen molar-refractivity contribution in [3.8, 4) is 22.8 Å². The van der Waals surface area contributed by atoms with Gasteiger partial charge in [-0.2, -0.15) is 13.6 Å². The first kappa shape index (κ1) is 18.6. The van der Waals surface area contributed by atoms with Crippen LogP contribution in [0.2, 0.25) is 0 Å². The molecule has 0 spiro atoms. The number of nitrogens with one attached hydrogen (secondary N) is 1. The number of nitrogens with zero attached hydrogens (tertiary/aromatic N) is 7. The Morgan fingerprint density at radius 1 is 1.03 bits per heavy atom. The summed E-state index contributed by atoms with van der Waals surface area (Å²) < 4.78 is 30.1. The summed E-state index contributed by atoms with van der Waals surface area (Å²) in [5.74, 6) is 0.603. The highest BCUT2D eigenvalue weighted by atomic mass is 19.3. The number of aromatic nitrogens is 7. The number of halogens is 2. The Morgan fingerprint density at radius 3 is 2.48 bits per heavy atom. The van der Waals surface area contributed by atoms with Gasteiger partial charge in [-0.15, -0.1) is 20.4 Å². The lowest BCUT2D eigenvalue weighted by atomic mass is 10.1. The number of tetrazole rings is 1. The van der Waals surface area contributed by atoms with Crippen LogP contribution in [-0.2, 0) is 6.54 Å². The van der Waals surface area contributed by atoms with E-state index in [1.807, 2.05) is 19.1 Å². The molecule has 3 aromatic heterocycles. The molecule has 0 aliphatic carbocycles. The van der Waals surface area contributed by atoms with E-state index < -0.39 is 12.3 Å². The molecule has 29 heavy (non-hydrogen) atoms. The molecule has 3 heterocycles. The molecule has 4 rings (SSSR count). The van der Waals surface area contributed by atoms with E-state index in [4.69, 9.17) is 4.42 Å². The maximum Gasteiger partial charge on any atom is 0.314 e. The normalized spacial score (nSPS) is 11.2. The predicted molar refractivity (Wildman–Crippen MR) is 99.0 cm³/mol. The minimum atomic E-state index is -2.79. The second kappa shape index (κ2) is 8.09. The van der Waals surface area contributed by atoms with Crippen LogP contribution >= 0.6 is 0 Å². The maximum absolute atomic E-state index is 12.6. The topological polar surface area (TPSA) is 107 Å². The lowest BCUT2D eigenvalue weighted by molar-refractivity contribution is 0.116. The van der Waals surface area contributed by atoms with Crippen molar-refractivity contribution >= 4 is 5.82 Å². The van der Waals surface area contributed by atoms with Crippen LogP contribution in [0.15, 0.2) is 47.0 Å². The van der Waals surface area contributed by atoms with E-state index in [-0.39, 0.29) is 5.89 Å². The number of benzene rings is 1. The fourth-order valence-electron chi connectivity index (χ4n) is 2.59. The van der Waals surface area contributed by atoms with E-state index in [9.17, 15) is 8.78 Å². The van der Waals surface area contributed by atoms with Crippen molar-refractivity contribution in [1.82, 2.24) is 35.4 Å². The summed E-state index contributed by atoms with van der Waals surface area (Å²) in [6.07, 6.45) is -1.11. The zero-order valence-electron chi connectivity index (χ0n) is 15.3. The van der Waals surface area contributed by atoms with Gasteiger partial charge < -0.3 is 9.73 Å². The van der Waals surface area contributed by atoms with Crippen molar-refractivity contribution in [1.29, 1.82) is 0 Å². The van der Waals surface area contributed by atoms with Gasteiger partial charge in [-0.05, 0) is 42.0 Å². The molecule has 0 radical (unpaired) electrons. The highest BCUT2D eigenvalue weighted by Crippen LogP contribution is 2.23. The summed E-state index contributed by atoms with van der Waals surface area (Å²) in [4.78, 5) is 5.76. The molecule has 0 amide bonds. The number of hydrogen-bond donors (Lipinski definition) is 1. The van der Waals surface area contributed by atoms with Crippen molar-refractivity contribution in [2.75, 3.05) is 11.9 Å². The van der Waals surface area contributed by atoms with Gasteiger partial charge in [0.25, 0.3) is 5.89 Å². The molecule has 0 saturated heterocycles. The van der Waals surface area contributed by atoms with Crippen LogP contribution in [0, 0.1) is 0 Å². The number of rotatable bonds is 7. The second-order valence-corrected chi connectivity index (χ2v) is 6.05. The van der Waals surface area contributed by atoms with Gasteiger partial charge >= 0.3 is 6.43 Å². The molecule has 148 valence electrons. The molecule has 0 atom stereocenters. The Bertz CT molecular complexity index is 1080. The smallest absolute Gasteiger partial charge is 0.314 e. The van der Waals surface area contributed by atoms with Crippen molar-refractivity contribution < 1.29 is 13.2 Å². The molecule has 1 N–H and O–H groups in total. The minimum Gasteiger partial charge on any atom is -0.415 e. The molecule has 0 unspecified atom stereocenters. The molecule has 0 aliphatic heterocycles. The van der Waals surface area contributed by atoms with Gasteiger partial charge in [0.2, 0.25) is 11.7 Å². The van der Waals surface area contributed by atoms with Crippen LogP contribution in [0.25, 0.3) is 22.8 Å². The SMILES string of the molecule is CCNc1ccc(-c2nnn(Cc3ccc(-c4nnc(C(F)F)o4)cc3)n2)cn1. The van der Waals surface area contributed by atoms with Crippen molar-refractivity contribution in [3.63, 3.8) is 0 Å². The summed E-state index contributed by atoms with van der Waals surface area (Å²) >= 11 is 0. The largest absolute Gasteiger partial charge is 0.415 e. The zero-order valence-corrected chi connectivity index (χ0v) is 15.3. The Labute approximate surface area is 163 Å². The molecule has 0 aliphatic rings. The van der Waals surface area contributed by atoms with E-state index in [0.717, 1.165) is 23.5 Å². The molecule has 0 fully saturated rings. The predicted octanol–water partition coefficient (Wildman–Crippen LogP) is 3.20. The van der Waals surface area contributed by atoms with Crippen LogP contribution in [0.1, 0.15) is 24.8 Å². The fraction of sp³-hybridized carbons (Fsp3) is 0.222. The van der Waals surface area contributed by atoms with Crippen molar-refractivity contribution in [3.05, 3.63) is 54.0 Å². The average Bonchev–Trinajstić information content (AvgIpc) is 3.40. The summed E-state index contributed by atoms with van der Waals surface area (Å²) in [7, 11) is 0. The summed E-state index contributed by atoms with van der Waals surface area (Å²) in [6, 6.07) is 10.8. The average molecular weight is 398 g/mol. The van der Waals surface area contributed by atoms with Crippen LogP contribution in [-0.4, -0.2) is 41.9 Å². The molecule has 0 bridgehead atoms. The second-order valence-electron chi connectivity index (χ2n) is 6.05. The number of hydrogen-bond acceptors (Lipinski definition) is 8. The van der Waals surface area contributed by atoms with Gasteiger partial charge in [0.15, 0.2) is 0 Å². The first-order chi connectivity index (χ1) is 14.1. The molecule has 1 aromatic carbocycles. The van der Waals surface area contributed by atoms with Crippen LogP contribution < -0.4 is 5.32 Å². The fourth-order valence-corrected chi connectivity index (χ4v) is 2.59. The van der Waals surface area contributed by atoms with E-state index >= 15 is 0 Å². The number of pyridine rings is 1. The van der Waals surface area contributed by atoms with E-state index in [0.29, 0.717) is 17.9 Å². The first-order valence-electron chi connectivity index (χ1n) is 8.81. The lowest BCUT2D eigenvalue weighted by Crippen LogP contribution is -2.04. The van der Waals surface area contributed by atoms with Crippen molar-refractivity contribution in [2.45, 2.75) is 19.9 Å². The first-order valence-corrected chi connectivity index (χ1v) is 8.81. The molecule has 0 saturated carbocycles. The van der Waals surface area contributed by atoms with Crippen molar-refractivity contribution in [2.24, 2.45) is 0 Å². The Morgan fingerprint density at radius 2 is 1.83 bits per heavy atom. The quantitative estimate of drug-likeness (QED) is 0.506. The lowest BCUT2D eigenvalue weighted by Gasteiger charge is -2.02. The molecular weight excluding hydrogens is 382 g/mol. The minimum absolute atomic E-state index is 0.0431. The van der Waals surface area contributed by atoms with Crippen LogP contribution in [0.4, 0.5) is 14.6 Å². The van der Waals surface area contributed by atoms with Gasteiger partial charge in [-0.1, -0.05) is 12.1 Å². The van der Waals surface area contributed by atoms with Gasteiger partial charge in [-0.3, -0.25) is 0 Å². The van der Waals surface area contributed by atoms with Gasteiger partial charge in [-0.25, -0.2) is 4.98 Å². The Hall–Kier alpha value is -3.76. The molecule has 4 aromatic rings. The summed E-state index contributed by atoms with van der Waals surface area (Å²) in [5, 5.41) is 22.6. The van der Waals surface area contributed by atoms with Crippen LogP contribution in [0.5, 0.6) is 0 Å². The highest BCUT2D eigenvalue weighted by Gasteiger charge is 2.17. The van der Waals surface area contributed by atoms with Gasteiger partial charge in [0.05, 0.1) is 6.54 Å². The Balaban J connectivity index is 1.44. The van der Waals surface area contributed by atoms with Crippen LogP contribution in [0.3, 0.4) is 0 Å². The standard InChI is InChI=1S/C18H16F2N8O/c1-2-21-14-8-7-13(9-22-14)16-23-27-28(26-16)10-11-3-5-12(6-4-11)17-24-25-18(29-17)15(19)20/h3-9,15H,2,10H2,1H3,(H,21,22). The molecule has 9 nitrogen and oxygen atoms in total. The molecular formula is C18H16F2N8O. The third-order valence-corrected chi connectivity index (χ3v) is 3.98. The van der Waals surface area contributed by atoms with Gasteiger partial charge in [0.1, 0.15) is 5.82 Å². The molecule has 11 heteroatoms. The number of anilines is 1. The maximum atomic E-state index is 12.6. The third kappa shape index (κ3) is 4.23. The highest BCUT2D eigenvalue weighted by molar-refractivity contribution is 5.55. The van der Waals surface area contributed by atoms with Gasteiger partial charge in [0, 0.05) is 23.9 Å². The van der Waals surface area contributed by atoms with E-state index in [1.165, 1.54) is 4.80 Å². The monoisotopic (exact) mass is 398 g/mol. The summed E-state index contributed by atoms with van der Waals surface area (Å²) in [5.41, 5.74) is 2.21.